The summed E-state index contributed by atoms with van der Waals surface area (Å²) >= 11 is 1.67. The molecular weight excluding hydrogens is 336 g/mol. The van der Waals surface area contributed by atoms with Gasteiger partial charge in [0.1, 0.15) is 0 Å². The zero-order valence-corrected chi connectivity index (χ0v) is 16.6. The van der Waals surface area contributed by atoms with Crippen molar-refractivity contribution in [1.82, 2.24) is 9.88 Å². The van der Waals surface area contributed by atoms with Gasteiger partial charge in [0, 0.05) is 18.3 Å². The lowest BCUT2D eigenvalue weighted by Gasteiger charge is -2.24. The minimum absolute atomic E-state index is 0.0251. The van der Waals surface area contributed by atoms with Crippen molar-refractivity contribution in [3.05, 3.63) is 39.3 Å². The molecule has 0 unspecified atom stereocenters. The monoisotopic (exact) mass is 362 g/mol. The van der Waals surface area contributed by atoms with Crippen molar-refractivity contribution < 1.29 is 14.3 Å². The highest BCUT2D eigenvalue weighted by Gasteiger charge is 2.21. The second kappa shape index (κ2) is 8.34. The summed E-state index contributed by atoms with van der Waals surface area (Å²) in [7, 11) is 5.07. The minimum atomic E-state index is -0.0251. The Morgan fingerprint density at radius 3 is 2.48 bits per heavy atom. The number of aromatic nitrogens is 1. The van der Waals surface area contributed by atoms with Crippen molar-refractivity contribution >= 4 is 17.2 Å². The van der Waals surface area contributed by atoms with Crippen LogP contribution in [-0.4, -0.2) is 37.1 Å². The first-order valence-corrected chi connectivity index (χ1v) is 9.09. The van der Waals surface area contributed by atoms with Crippen molar-refractivity contribution in [2.45, 2.75) is 39.7 Å². The van der Waals surface area contributed by atoms with E-state index in [1.165, 1.54) is 4.88 Å². The topological polar surface area (TPSA) is 51.7 Å². The molecule has 0 fully saturated rings. The Morgan fingerprint density at radius 1 is 1.24 bits per heavy atom. The van der Waals surface area contributed by atoms with Gasteiger partial charge in [-0.25, -0.2) is 4.98 Å². The van der Waals surface area contributed by atoms with Gasteiger partial charge >= 0.3 is 0 Å². The maximum Gasteiger partial charge on any atom is 0.223 e. The third kappa shape index (κ3) is 4.51. The lowest BCUT2D eigenvalue weighted by molar-refractivity contribution is -0.131. The Labute approximate surface area is 153 Å². The first-order valence-electron chi connectivity index (χ1n) is 8.27. The zero-order valence-electron chi connectivity index (χ0n) is 15.8. The average molecular weight is 362 g/mol. The van der Waals surface area contributed by atoms with Gasteiger partial charge in [0.25, 0.3) is 0 Å². The maximum atomic E-state index is 12.6. The van der Waals surface area contributed by atoms with Crippen molar-refractivity contribution in [1.29, 1.82) is 0 Å². The molecule has 136 valence electrons. The summed E-state index contributed by atoms with van der Waals surface area (Å²) in [5.41, 5.74) is 2.04. The van der Waals surface area contributed by atoms with Crippen LogP contribution in [0, 0.1) is 13.8 Å². The Morgan fingerprint density at radius 2 is 1.92 bits per heavy atom. The summed E-state index contributed by atoms with van der Waals surface area (Å²) < 4.78 is 10.6. The van der Waals surface area contributed by atoms with Gasteiger partial charge in [-0.2, -0.15) is 0 Å². The summed E-state index contributed by atoms with van der Waals surface area (Å²) in [5.74, 6) is 1.48. The lowest BCUT2D eigenvalue weighted by atomic mass is 10.1. The van der Waals surface area contributed by atoms with Crippen LogP contribution in [0.4, 0.5) is 0 Å². The number of rotatable bonds is 7. The first-order chi connectivity index (χ1) is 11.9. The standard InChI is InChI=1S/C19H26N2O3S/c1-12(19-13(2)25-14(3)20-19)21(4)18(22)10-8-15-7-9-16(23-5)17(11-15)24-6/h7,9,11-12H,8,10H2,1-6H3/t12-/m1/s1. The highest BCUT2D eigenvalue weighted by Crippen LogP contribution is 2.29. The van der Waals surface area contributed by atoms with Crippen LogP contribution < -0.4 is 9.47 Å². The third-order valence-corrected chi connectivity index (χ3v) is 5.29. The molecule has 0 aliphatic carbocycles. The second-order valence-corrected chi connectivity index (χ2v) is 7.45. The van der Waals surface area contributed by atoms with Crippen LogP contribution in [0.1, 0.15) is 40.5 Å². The molecule has 1 atom stereocenters. The van der Waals surface area contributed by atoms with E-state index in [0.29, 0.717) is 24.3 Å². The van der Waals surface area contributed by atoms with E-state index < -0.39 is 0 Å². The molecule has 0 radical (unpaired) electrons. The highest BCUT2D eigenvalue weighted by molar-refractivity contribution is 7.11. The Balaban J connectivity index is 2.01. The van der Waals surface area contributed by atoms with Crippen molar-refractivity contribution in [3.8, 4) is 11.5 Å². The van der Waals surface area contributed by atoms with Gasteiger partial charge < -0.3 is 14.4 Å². The summed E-state index contributed by atoms with van der Waals surface area (Å²) in [4.78, 5) is 20.1. The van der Waals surface area contributed by atoms with Crippen LogP contribution in [0.3, 0.4) is 0 Å². The van der Waals surface area contributed by atoms with Crippen LogP contribution in [0.25, 0.3) is 0 Å². The molecule has 5 nitrogen and oxygen atoms in total. The van der Waals surface area contributed by atoms with Crippen molar-refractivity contribution in [3.63, 3.8) is 0 Å². The number of hydrogen-bond acceptors (Lipinski definition) is 5. The molecule has 2 rings (SSSR count). The second-order valence-electron chi connectivity index (χ2n) is 6.04. The average Bonchev–Trinajstić information content (AvgIpc) is 2.96. The molecule has 6 heteroatoms. The van der Waals surface area contributed by atoms with Gasteiger partial charge in [-0.1, -0.05) is 6.07 Å². The normalized spacial score (nSPS) is 11.9. The fourth-order valence-electron chi connectivity index (χ4n) is 2.80. The molecule has 0 N–H and O–H groups in total. The molecule has 1 heterocycles. The van der Waals surface area contributed by atoms with Gasteiger partial charge in [0.05, 0.1) is 31.0 Å². The number of carbonyl (C=O) groups excluding carboxylic acids is 1. The molecule has 25 heavy (non-hydrogen) atoms. The van der Waals surface area contributed by atoms with Gasteiger partial charge in [-0.3, -0.25) is 4.79 Å². The van der Waals surface area contributed by atoms with Crippen molar-refractivity contribution in [2.24, 2.45) is 0 Å². The third-order valence-electron chi connectivity index (χ3n) is 4.38. The molecule has 0 saturated heterocycles. The summed E-state index contributed by atoms with van der Waals surface area (Å²) in [6.45, 7) is 6.07. The van der Waals surface area contributed by atoms with Gasteiger partial charge in [-0.05, 0) is 44.9 Å². The van der Waals surface area contributed by atoms with Crippen LogP contribution in [0.5, 0.6) is 11.5 Å². The first kappa shape index (κ1) is 19.2. The van der Waals surface area contributed by atoms with E-state index in [9.17, 15) is 4.79 Å². The number of amides is 1. The number of benzene rings is 1. The van der Waals surface area contributed by atoms with Crippen LogP contribution in [0.15, 0.2) is 18.2 Å². The molecule has 1 amide bonds. The summed E-state index contributed by atoms with van der Waals surface area (Å²) in [6.07, 6.45) is 1.10. The maximum absolute atomic E-state index is 12.6. The lowest BCUT2D eigenvalue weighted by Crippen LogP contribution is -2.30. The van der Waals surface area contributed by atoms with Gasteiger partial charge in [-0.15, -0.1) is 11.3 Å². The number of aryl methyl sites for hydroxylation is 3. The zero-order chi connectivity index (χ0) is 18.6. The number of hydrogen-bond donors (Lipinski definition) is 0. The van der Waals surface area contributed by atoms with Crippen molar-refractivity contribution in [2.75, 3.05) is 21.3 Å². The number of methoxy groups -OCH3 is 2. The SMILES string of the molecule is COc1ccc(CCC(=O)N(C)[C@H](C)c2nc(C)sc2C)cc1OC. The quantitative estimate of drug-likeness (QED) is 0.749. The van der Waals surface area contributed by atoms with Crippen LogP contribution in [-0.2, 0) is 11.2 Å². The van der Waals surface area contributed by atoms with E-state index in [0.717, 1.165) is 16.3 Å². The number of ether oxygens (including phenoxy) is 2. The molecule has 1 aromatic carbocycles. The fraction of sp³-hybridized carbons (Fsp3) is 0.474. The van der Waals surface area contributed by atoms with Gasteiger partial charge in [0.15, 0.2) is 11.5 Å². The molecule has 0 bridgehead atoms. The summed E-state index contributed by atoms with van der Waals surface area (Å²) in [6, 6.07) is 5.73. The minimum Gasteiger partial charge on any atom is -0.493 e. The molecule has 2 aromatic rings. The number of nitrogens with zero attached hydrogens (tertiary/aromatic N) is 2. The largest absolute Gasteiger partial charge is 0.493 e. The smallest absolute Gasteiger partial charge is 0.223 e. The van der Waals surface area contributed by atoms with E-state index >= 15 is 0 Å². The predicted octanol–water partition coefficient (Wildman–Crippen LogP) is 3.93. The van der Waals surface area contributed by atoms with E-state index in [1.807, 2.05) is 39.1 Å². The Bertz CT molecular complexity index is 742. The Hall–Kier alpha value is -2.08. The number of thiazole rings is 1. The number of carbonyl (C=O) groups is 1. The molecule has 0 saturated carbocycles. The van der Waals surface area contributed by atoms with Gasteiger partial charge in [0.2, 0.25) is 5.91 Å². The summed E-state index contributed by atoms with van der Waals surface area (Å²) in [5, 5.41) is 1.03. The van der Waals surface area contributed by atoms with Crippen LogP contribution >= 0.6 is 11.3 Å². The van der Waals surface area contributed by atoms with E-state index in [-0.39, 0.29) is 11.9 Å². The van der Waals surface area contributed by atoms with E-state index in [1.54, 1.807) is 30.5 Å². The molecular formula is C19H26N2O3S. The Kier molecular flexibility index (Phi) is 6.42. The molecule has 0 spiro atoms. The van der Waals surface area contributed by atoms with E-state index in [2.05, 4.69) is 11.9 Å². The molecule has 0 aliphatic heterocycles. The predicted molar refractivity (Wildman–Crippen MR) is 101 cm³/mol. The van der Waals surface area contributed by atoms with Crippen LogP contribution in [0.2, 0.25) is 0 Å². The fourth-order valence-corrected chi connectivity index (χ4v) is 3.70. The van der Waals surface area contributed by atoms with E-state index in [4.69, 9.17) is 9.47 Å². The highest BCUT2D eigenvalue weighted by atomic mass is 32.1. The molecule has 1 aromatic heterocycles. The molecule has 0 aliphatic rings.